The number of aromatic nitrogens is 1. The summed E-state index contributed by atoms with van der Waals surface area (Å²) in [5.41, 5.74) is 6.08. The van der Waals surface area contributed by atoms with Gasteiger partial charge in [-0.25, -0.2) is 9.59 Å². The maximum atomic E-state index is 12.7. The van der Waals surface area contributed by atoms with Gasteiger partial charge in [0.25, 0.3) is 0 Å². The first kappa shape index (κ1) is 24.1. The number of amides is 2. The fraction of sp³-hybridized carbons (Fsp3) is 0.207. The molecule has 3 aromatic carbocycles. The summed E-state index contributed by atoms with van der Waals surface area (Å²) in [5.74, 6) is -1.87. The molecule has 188 valence electrons. The molecule has 37 heavy (non-hydrogen) atoms. The number of ether oxygens (including phenoxy) is 1. The molecule has 0 saturated heterocycles. The van der Waals surface area contributed by atoms with Crippen LogP contribution in [0.25, 0.3) is 22.0 Å². The van der Waals surface area contributed by atoms with Crippen LogP contribution in [0.1, 0.15) is 29.5 Å². The van der Waals surface area contributed by atoms with E-state index in [9.17, 15) is 19.5 Å². The van der Waals surface area contributed by atoms with Gasteiger partial charge < -0.3 is 25.5 Å². The molecule has 8 heteroatoms. The number of carboxylic acid groups (broad SMARTS) is 1. The van der Waals surface area contributed by atoms with Crippen LogP contribution in [0.5, 0.6) is 0 Å². The number of H-pyrrole nitrogens is 1. The number of aromatic amines is 1. The van der Waals surface area contributed by atoms with E-state index in [1.54, 1.807) is 6.20 Å². The van der Waals surface area contributed by atoms with Gasteiger partial charge >= 0.3 is 12.1 Å². The van der Waals surface area contributed by atoms with E-state index in [1.807, 2.05) is 60.7 Å². The number of carbonyl (C=O) groups excluding carboxylic acids is 2. The molecule has 5 rings (SSSR count). The Morgan fingerprint density at radius 3 is 2.22 bits per heavy atom. The summed E-state index contributed by atoms with van der Waals surface area (Å²) in [5, 5.41) is 15.6. The zero-order chi connectivity index (χ0) is 25.9. The molecule has 0 spiro atoms. The number of benzene rings is 3. The van der Waals surface area contributed by atoms with Crippen LogP contribution in [-0.2, 0) is 20.7 Å². The van der Waals surface area contributed by atoms with Crippen LogP contribution in [0.15, 0.2) is 79.0 Å². The predicted molar refractivity (Wildman–Crippen MR) is 139 cm³/mol. The Morgan fingerprint density at radius 2 is 1.54 bits per heavy atom. The monoisotopic (exact) mass is 497 g/mol. The Kier molecular flexibility index (Phi) is 6.64. The second-order valence-corrected chi connectivity index (χ2v) is 9.15. The molecule has 0 aliphatic heterocycles. The van der Waals surface area contributed by atoms with E-state index in [1.165, 1.54) is 6.92 Å². The fourth-order valence-corrected chi connectivity index (χ4v) is 4.90. The van der Waals surface area contributed by atoms with E-state index in [4.69, 9.17) is 4.74 Å². The van der Waals surface area contributed by atoms with Crippen molar-refractivity contribution in [2.24, 2.45) is 0 Å². The lowest BCUT2D eigenvalue weighted by molar-refractivity contribution is -0.142. The maximum absolute atomic E-state index is 12.7. The molecule has 0 bridgehead atoms. The highest BCUT2D eigenvalue weighted by Crippen LogP contribution is 2.44. The standard InChI is InChI=1S/C29H27N3O5/c1-17(27(33)32-26(28(34)35)14-18-15-30-25-13-7-6-8-19(18)25)31-29(36)37-16-24-22-11-4-2-9-20(22)21-10-3-5-12-23(21)24/h2-13,15,17,24,26,30H,14,16H2,1H3,(H,31,36)(H,32,33)(H,34,35)/t17-,26-/m0/s1. The molecule has 1 aliphatic rings. The van der Waals surface area contributed by atoms with Gasteiger partial charge in [-0.1, -0.05) is 66.7 Å². The van der Waals surface area contributed by atoms with E-state index >= 15 is 0 Å². The van der Waals surface area contributed by atoms with Gasteiger partial charge in [-0.15, -0.1) is 0 Å². The van der Waals surface area contributed by atoms with Crippen LogP contribution < -0.4 is 10.6 Å². The molecule has 0 saturated carbocycles. The van der Waals surface area contributed by atoms with Crippen LogP contribution in [-0.4, -0.2) is 46.8 Å². The average molecular weight is 498 g/mol. The minimum atomic E-state index is -1.16. The quantitative estimate of drug-likeness (QED) is 0.291. The molecule has 0 radical (unpaired) electrons. The number of rotatable bonds is 8. The summed E-state index contributed by atoms with van der Waals surface area (Å²) in [6.07, 6.45) is 1.10. The first-order valence-corrected chi connectivity index (χ1v) is 12.1. The summed E-state index contributed by atoms with van der Waals surface area (Å²) in [7, 11) is 0. The third kappa shape index (κ3) is 4.91. The van der Waals surface area contributed by atoms with Crippen molar-refractivity contribution in [3.8, 4) is 11.1 Å². The Bertz CT molecular complexity index is 1430. The summed E-state index contributed by atoms with van der Waals surface area (Å²) in [4.78, 5) is 40.2. The Hall–Kier alpha value is -4.59. The van der Waals surface area contributed by atoms with Crippen LogP contribution in [0.3, 0.4) is 0 Å². The van der Waals surface area contributed by atoms with Crippen LogP contribution in [0.2, 0.25) is 0 Å². The van der Waals surface area contributed by atoms with Crippen LogP contribution in [0.4, 0.5) is 4.79 Å². The highest BCUT2D eigenvalue weighted by atomic mass is 16.5. The summed E-state index contributed by atoms with van der Waals surface area (Å²) < 4.78 is 5.50. The normalized spacial score (nSPS) is 13.9. The Balaban J connectivity index is 1.18. The number of aliphatic carboxylic acids is 1. The number of nitrogens with one attached hydrogen (secondary N) is 3. The van der Waals surface area contributed by atoms with Gasteiger partial charge in [0.15, 0.2) is 0 Å². The number of para-hydroxylation sites is 1. The van der Waals surface area contributed by atoms with Crippen molar-refractivity contribution in [2.45, 2.75) is 31.3 Å². The lowest BCUT2D eigenvalue weighted by Crippen LogP contribution is -2.51. The molecule has 8 nitrogen and oxygen atoms in total. The van der Waals surface area contributed by atoms with E-state index in [0.717, 1.165) is 38.7 Å². The SMILES string of the molecule is C[C@H](NC(=O)OCC1c2ccccc2-c2ccccc21)C(=O)N[C@@H](Cc1c[nH]c2ccccc12)C(=O)O. The van der Waals surface area contributed by atoms with Crippen molar-refractivity contribution < 1.29 is 24.2 Å². The Labute approximate surface area is 213 Å². The van der Waals surface area contributed by atoms with Crippen molar-refractivity contribution in [1.82, 2.24) is 15.6 Å². The molecule has 4 aromatic rings. The highest BCUT2D eigenvalue weighted by molar-refractivity contribution is 5.90. The molecule has 0 unspecified atom stereocenters. The van der Waals surface area contributed by atoms with Gasteiger partial charge in [-0.2, -0.15) is 0 Å². The minimum Gasteiger partial charge on any atom is -0.480 e. The van der Waals surface area contributed by atoms with E-state index in [0.29, 0.717) is 0 Å². The number of alkyl carbamates (subject to hydrolysis) is 1. The lowest BCUT2D eigenvalue weighted by atomic mass is 9.98. The van der Waals surface area contributed by atoms with Gasteiger partial charge in [0.1, 0.15) is 18.7 Å². The lowest BCUT2D eigenvalue weighted by Gasteiger charge is -2.19. The first-order chi connectivity index (χ1) is 17.9. The molecule has 1 aliphatic carbocycles. The van der Waals surface area contributed by atoms with Crippen molar-refractivity contribution in [3.63, 3.8) is 0 Å². The van der Waals surface area contributed by atoms with Crippen molar-refractivity contribution in [3.05, 3.63) is 95.7 Å². The zero-order valence-corrected chi connectivity index (χ0v) is 20.2. The van der Waals surface area contributed by atoms with E-state index in [2.05, 4.69) is 27.8 Å². The Morgan fingerprint density at radius 1 is 0.919 bits per heavy atom. The molecular formula is C29H27N3O5. The molecule has 2 amide bonds. The molecule has 2 atom stereocenters. The second-order valence-electron chi connectivity index (χ2n) is 9.15. The maximum Gasteiger partial charge on any atom is 0.407 e. The van der Waals surface area contributed by atoms with Gasteiger partial charge in [0, 0.05) is 29.4 Å². The molecule has 4 N–H and O–H groups in total. The van der Waals surface area contributed by atoms with Gasteiger partial charge in [-0.3, -0.25) is 4.79 Å². The highest BCUT2D eigenvalue weighted by Gasteiger charge is 2.30. The van der Waals surface area contributed by atoms with Gasteiger partial charge in [0.2, 0.25) is 5.91 Å². The number of hydrogen-bond acceptors (Lipinski definition) is 4. The summed E-state index contributed by atoms with van der Waals surface area (Å²) in [6.45, 7) is 1.61. The van der Waals surface area contributed by atoms with Crippen LogP contribution in [0, 0.1) is 0 Å². The molecule has 0 fully saturated rings. The van der Waals surface area contributed by atoms with E-state index in [-0.39, 0.29) is 18.9 Å². The molecule has 1 aromatic heterocycles. The number of fused-ring (bicyclic) bond motifs is 4. The van der Waals surface area contributed by atoms with Gasteiger partial charge in [0.05, 0.1) is 0 Å². The second kappa shape index (κ2) is 10.2. The number of carboxylic acids is 1. The summed E-state index contributed by atoms with van der Waals surface area (Å²) >= 11 is 0. The fourth-order valence-electron chi connectivity index (χ4n) is 4.90. The van der Waals surface area contributed by atoms with E-state index < -0.39 is 30.1 Å². The van der Waals surface area contributed by atoms with Crippen LogP contribution >= 0.6 is 0 Å². The number of carbonyl (C=O) groups is 3. The van der Waals surface area contributed by atoms with Crippen molar-refractivity contribution >= 4 is 28.9 Å². The zero-order valence-electron chi connectivity index (χ0n) is 20.2. The van der Waals surface area contributed by atoms with Gasteiger partial charge in [-0.05, 0) is 40.8 Å². The van der Waals surface area contributed by atoms with Crippen molar-refractivity contribution in [2.75, 3.05) is 6.61 Å². The third-order valence-electron chi connectivity index (χ3n) is 6.78. The molecule has 1 heterocycles. The minimum absolute atomic E-state index is 0.1000. The summed E-state index contributed by atoms with van der Waals surface area (Å²) in [6, 6.07) is 21.4. The third-order valence-corrected chi connectivity index (χ3v) is 6.78. The average Bonchev–Trinajstić information content (AvgIpc) is 3.46. The largest absolute Gasteiger partial charge is 0.480 e. The first-order valence-electron chi connectivity index (χ1n) is 12.1. The number of hydrogen-bond donors (Lipinski definition) is 4. The molecular weight excluding hydrogens is 470 g/mol. The van der Waals surface area contributed by atoms with Crippen molar-refractivity contribution in [1.29, 1.82) is 0 Å². The predicted octanol–water partition coefficient (Wildman–Crippen LogP) is 4.21. The smallest absolute Gasteiger partial charge is 0.407 e. The topological polar surface area (TPSA) is 121 Å².